The van der Waals surface area contributed by atoms with Crippen LogP contribution in [0.2, 0.25) is 0 Å². The Morgan fingerprint density at radius 2 is 1.23 bits per heavy atom. The number of halogens is 4. The molecule has 0 saturated carbocycles. The van der Waals surface area contributed by atoms with Crippen LogP contribution >= 0.6 is 0 Å². The van der Waals surface area contributed by atoms with Crippen molar-refractivity contribution < 1.29 is 22.4 Å². The third-order valence-electron chi connectivity index (χ3n) is 5.32. The quantitative estimate of drug-likeness (QED) is 0.238. The highest BCUT2D eigenvalue weighted by Gasteiger charge is 2.27. The second-order valence-corrected chi connectivity index (χ2v) is 7.85. The molecule has 0 saturated heterocycles. The van der Waals surface area contributed by atoms with E-state index in [2.05, 4.69) is 10.3 Å². The third-order valence-corrected chi connectivity index (χ3v) is 5.32. The van der Waals surface area contributed by atoms with Crippen molar-refractivity contribution in [3.63, 3.8) is 0 Å². The minimum Gasteiger partial charge on any atom is -0.343 e. The first-order chi connectivity index (χ1) is 16.9. The maximum absolute atomic E-state index is 14.2. The molecule has 4 aromatic rings. The summed E-state index contributed by atoms with van der Waals surface area (Å²) in [7, 11) is 0. The van der Waals surface area contributed by atoms with Gasteiger partial charge in [0.05, 0.1) is 12.1 Å². The van der Waals surface area contributed by atoms with E-state index in [1.807, 2.05) is 0 Å². The van der Waals surface area contributed by atoms with Gasteiger partial charge in [-0.25, -0.2) is 17.6 Å². The maximum atomic E-state index is 14.2. The van der Waals surface area contributed by atoms with Crippen LogP contribution in [0.4, 0.5) is 17.6 Å². The van der Waals surface area contributed by atoms with E-state index in [4.69, 9.17) is 0 Å². The molecule has 0 aliphatic rings. The molecule has 35 heavy (non-hydrogen) atoms. The zero-order chi connectivity index (χ0) is 24.8. The number of nitrogens with zero attached hydrogens (tertiary/aromatic N) is 1. The molecule has 2 unspecified atom stereocenters. The normalized spacial score (nSPS) is 12.9. The summed E-state index contributed by atoms with van der Waals surface area (Å²) in [6, 6.07) is 20.1. The lowest BCUT2D eigenvalue weighted by Crippen LogP contribution is -2.32. The summed E-state index contributed by atoms with van der Waals surface area (Å²) < 4.78 is 55.7. The van der Waals surface area contributed by atoms with Crippen LogP contribution in [0, 0.1) is 23.3 Å². The molecule has 176 valence electrons. The summed E-state index contributed by atoms with van der Waals surface area (Å²) in [4.78, 5) is 17.6. The molecule has 0 aliphatic carbocycles. The van der Waals surface area contributed by atoms with E-state index < -0.39 is 41.3 Å². The first kappa shape index (κ1) is 23.9. The second kappa shape index (κ2) is 10.8. The van der Waals surface area contributed by atoms with Gasteiger partial charge in [-0.2, -0.15) is 0 Å². The Hall–Kier alpha value is -4.26. The summed E-state index contributed by atoms with van der Waals surface area (Å²) in [5.74, 6) is -2.74. The first-order valence-corrected chi connectivity index (χ1v) is 10.7. The lowest BCUT2D eigenvalue weighted by atomic mass is 9.93. The van der Waals surface area contributed by atoms with Crippen LogP contribution in [0.5, 0.6) is 0 Å². The number of carbonyl (C=O) groups is 1. The molecule has 0 fully saturated rings. The Labute approximate surface area is 199 Å². The molecule has 3 nitrogen and oxygen atoms in total. The monoisotopic (exact) mass is 476 g/mol. The third kappa shape index (κ3) is 6.20. The fourth-order valence-electron chi connectivity index (χ4n) is 3.71. The van der Waals surface area contributed by atoms with E-state index in [0.29, 0.717) is 16.7 Å². The summed E-state index contributed by atoms with van der Waals surface area (Å²) in [5, 5.41) is 2.79. The summed E-state index contributed by atoms with van der Waals surface area (Å²) in [6.45, 7) is 0. The van der Waals surface area contributed by atoms with Gasteiger partial charge in [0.25, 0.3) is 5.91 Å². The van der Waals surface area contributed by atoms with Crippen LogP contribution in [0.1, 0.15) is 39.1 Å². The van der Waals surface area contributed by atoms with Gasteiger partial charge in [0.15, 0.2) is 0 Å². The van der Waals surface area contributed by atoms with Gasteiger partial charge in [-0.3, -0.25) is 9.79 Å². The molecular formula is C28H20F4N2O. The smallest absolute Gasteiger partial charge is 0.251 e. The van der Waals surface area contributed by atoms with Gasteiger partial charge in [0.2, 0.25) is 0 Å². The Morgan fingerprint density at radius 3 is 1.86 bits per heavy atom. The number of hydrogen-bond donors (Lipinski definition) is 1. The molecule has 7 heteroatoms. The molecule has 1 amide bonds. The maximum Gasteiger partial charge on any atom is 0.251 e. The molecule has 0 aliphatic heterocycles. The van der Waals surface area contributed by atoms with Crippen LogP contribution in [-0.4, -0.2) is 12.1 Å². The number of rotatable bonds is 7. The molecule has 1 N–H and O–H groups in total. The van der Waals surface area contributed by atoms with Gasteiger partial charge in [-0.05, 0) is 71.3 Å². The van der Waals surface area contributed by atoms with Crippen molar-refractivity contribution in [2.45, 2.75) is 12.1 Å². The zero-order valence-electron chi connectivity index (χ0n) is 18.3. The number of aliphatic imine (C=N–C) groups is 1. The molecule has 4 aromatic carbocycles. The predicted octanol–water partition coefficient (Wildman–Crippen LogP) is 6.57. The van der Waals surface area contributed by atoms with Crippen LogP contribution in [-0.2, 0) is 0 Å². The molecule has 0 aromatic heterocycles. The SMILES string of the molecule is O=C(NC(c1cccc(F)c1)C(N=Cc1cccc(F)c1)c1cccc(F)c1)c1cccc(F)c1. The predicted molar refractivity (Wildman–Crippen MR) is 126 cm³/mol. The van der Waals surface area contributed by atoms with Gasteiger partial charge in [-0.1, -0.05) is 42.5 Å². The van der Waals surface area contributed by atoms with E-state index in [1.54, 1.807) is 18.2 Å². The van der Waals surface area contributed by atoms with E-state index in [-0.39, 0.29) is 5.56 Å². The lowest BCUT2D eigenvalue weighted by molar-refractivity contribution is 0.0930. The Kier molecular flexibility index (Phi) is 7.35. The van der Waals surface area contributed by atoms with Crippen molar-refractivity contribution >= 4 is 12.1 Å². The highest BCUT2D eigenvalue weighted by Crippen LogP contribution is 2.33. The molecule has 4 rings (SSSR count). The van der Waals surface area contributed by atoms with Crippen LogP contribution < -0.4 is 5.32 Å². The van der Waals surface area contributed by atoms with Gasteiger partial charge in [0.1, 0.15) is 23.3 Å². The number of nitrogens with one attached hydrogen (secondary N) is 1. The van der Waals surface area contributed by atoms with Crippen molar-refractivity contribution in [1.29, 1.82) is 0 Å². The highest BCUT2D eigenvalue weighted by molar-refractivity contribution is 5.94. The Bertz CT molecular complexity index is 1370. The number of hydrogen-bond acceptors (Lipinski definition) is 2. The summed E-state index contributed by atoms with van der Waals surface area (Å²) in [5.41, 5.74) is 1.26. The number of carbonyl (C=O) groups excluding carboxylic acids is 1. The summed E-state index contributed by atoms with van der Waals surface area (Å²) in [6.07, 6.45) is 1.40. The van der Waals surface area contributed by atoms with Crippen molar-refractivity contribution in [3.8, 4) is 0 Å². The second-order valence-electron chi connectivity index (χ2n) is 7.85. The Morgan fingerprint density at radius 1 is 0.686 bits per heavy atom. The molecule has 2 atom stereocenters. The van der Waals surface area contributed by atoms with Crippen molar-refractivity contribution in [2.75, 3.05) is 0 Å². The molecule has 0 spiro atoms. The van der Waals surface area contributed by atoms with E-state index in [0.717, 1.165) is 6.07 Å². The molecular weight excluding hydrogens is 456 g/mol. The number of amides is 1. The standard InChI is InChI=1S/C28H20F4N2O/c29-22-9-1-5-18(13-22)17-33-26(19-6-2-10-23(30)14-19)27(20-7-3-11-24(31)15-20)34-28(35)21-8-4-12-25(32)16-21/h1-17,26-27H,(H,34,35). The largest absolute Gasteiger partial charge is 0.343 e. The average molecular weight is 476 g/mol. The van der Waals surface area contributed by atoms with E-state index >= 15 is 0 Å². The Balaban J connectivity index is 1.80. The molecule has 0 radical (unpaired) electrons. The van der Waals surface area contributed by atoms with Crippen LogP contribution in [0.3, 0.4) is 0 Å². The minimum absolute atomic E-state index is 0.0542. The van der Waals surface area contributed by atoms with Gasteiger partial charge >= 0.3 is 0 Å². The van der Waals surface area contributed by atoms with Crippen molar-refractivity contribution in [3.05, 3.63) is 143 Å². The fourth-order valence-corrected chi connectivity index (χ4v) is 3.71. The summed E-state index contributed by atoms with van der Waals surface area (Å²) >= 11 is 0. The van der Waals surface area contributed by atoms with Gasteiger partial charge in [0, 0.05) is 11.8 Å². The molecule has 0 bridgehead atoms. The van der Waals surface area contributed by atoms with Crippen molar-refractivity contribution in [2.24, 2.45) is 4.99 Å². The zero-order valence-corrected chi connectivity index (χ0v) is 18.3. The minimum atomic E-state index is -0.965. The highest BCUT2D eigenvalue weighted by atomic mass is 19.1. The van der Waals surface area contributed by atoms with E-state index in [9.17, 15) is 22.4 Å². The topological polar surface area (TPSA) is 41.5 Å². The fraction of sp³-hybridized carbons (Fsp3) is 0.0714. The lowest BCUT2D eigenvalue weighted by Gasteiger charge is -2.26. The van der Waals surface area contributed by atoms with Crippen molar-refractivity contribution in [1.82, 2.24) is 5.32 Å². The number of benzene rings is 4. The van der Waals surface area contributed by atoms with Gasteiger partial charge < -0.3 is 5.32 Å². The average Bonchev–Trinajstić information content (AvgIpc) is 2.83. The van der Waals surface area contributed by atoms with E-state index in [1.165, 1.54) is 79.0 Å². The van der Waals surface area contributed by atoms with Gasteiger partial charge in [-0.15, -0.1) is 0 Å². The van der Waals surface area contributed by atoms with Crippen LogP contribution in [0.15, 0.2) is 102 Å². The molecule has 0 heterocycles. The first-order valence-electron chi connectivity index (χ1n) is 10.7. The van der Waals surface area contributed by atoms with Crippen LogP contribution in [0.25, 0.3) is 0 Å².